The maximum Gasteiger partial charge on any atom is 0.249 e. The van der Waals surface area contributed by atoms with Crippen LogP contribution in [0.2, 0.25) is 18.1 Å². The summed E-state index contributed by atoms with van der Waals surface area (Å²) in [5.74, 6) is 0. The second-order valence-corrected chi connectivity index (χ2v) is 11.8. The minimum atomic E-state index is -1.73. The number of nitrogens with zero attached hydrogens (tertiary/aromatic N) is 1. The average molecular weight is 265 g/mol. The third kappa shape index (κ3) is 3.62. The molecule has 0 aromatic heterocycles. The molecule has 1 aliphatic rings. The lowest BCUT2D eigenvalue weighted by atomic mass is 9.75. The van der Waals surface area contributed by atoms with Crippen LogP contribution in [0.3, 0.4) is 0 Å². The summed E-state index contributed by atoms with van der Waals surface area (Å²) in [5.41, 5.74) is -0.263. The lowest BCUT2D eigenvalue weighted by Crippen LogP contribution is -2.39. The largest absolute Gasteiger partial charge is 0.549 e. The van der Waals surface area contributed by atoms with E-state index < -0.39 is 8.32 Å². The van der Waals surface area contributed by atoms with Gasteiger partial charge in [0.05, 0.1) is 17.7 Å². The molecule has 0 heterocycles. The maximum atomic E-state index is 9.39. The first kappa shape index (κ1) is 15.3. The van der Waals surface area contributed by atoms with Gasteiger partial charge >= 0.3 is 0 Å². The fraction of sp³-hybridized carbons (Fsp3) is 0.800. The minimum absolute atomic E-state index is 0.212. The van der Waals surface area contributed by atoms with Gasteiger partial charge in [-0.3, -0.25) is 0 Å². The van der Waals surface area contributed by atoms with Gasteiger partial charge in [0.1, 0.15) is 0 Å². The number of allylic oxidation sites excluding steroid dienone is 1. The summed E-state index contributed by atoms with van der Waals surface area (Å²) in [5, 5.41) is 9.60. The summed E-state index contributed by atoms with van der Waals surface area (Å²) in [7, 11) is -1.73. The lowest BCUT2D eigenvalue weighted by molar-refractivity contribution is 0.325. The summed E-state index contributed by atoms with van der Waals surface area (Å²) in [6.07, 6.45) is 9.41. The number of hydrogen-bond acceptors (Lipinski definition) is 2. The van der Waals surface area contributed by atoms with E-state index in [4.69, 9.17) is 4.43 Å². The number of hydrogen-bond donors (Lipinski definition) is 0. The van der Waals surface area contributed by atoms with Gasteiger partial charge in [0.25, 0.3) is 0 Å². The molecule has 1 fully saturated rings. The Morgan fingerprint density at radius 3 is 2.17 bits per heavy atom. The van der Waals surface area contributed by atoms with Crippen LogP contribution in [0.5, 0.6) is 0 Å². The fourth-order valence-electron chi connectivity index (χ4n) is 2.01. The predicted octanol–water partition coefficient (Wildman–Crippen LogP) is 5.00. The van der Waals surface area contributed by atoms with E-state index in [0.717, 1.165) is 25.7 Å². The van der Waals surface area contributed by atoms with Gasteiger partial charge in [-0.2, -0.15) is 5.26 Å². The molecule has 0 amide bonds. The Morgan fingerprint density at radius 2 is 1.72 bits per heavy atom. The molecule has 102 valence electrons. The fourth-order valence-corrected chi connectivity index (χ4v) is 2.77. The molecule has 0 N–H and O–H groups in total. The van der Waals surface area contributed by atoms with E-state index >= 15 is 0 Å². The second-order valence-electron chi connectivity index (χ2n) is 7.01. The molecule has 1 rings (SSSR count). The van der Waals surface area contributed by atoms with Crippen molar-refractivity contribution >= 4 is 8.32 Å². The lowest BCUT2D eigenvalue weighted by Gasteiger charge is -2.35. The van der Waals surface area contributed by atoms with Gasteiger partial charge in [-0.15, -0.1) is 0 Å². The third-order valence-electron chi connectivity index (χ3n) is 4.52. The summed E-state index contributed by atoms with van der Waals surface area (Å²) >= 11 is 0. The van der Waals surface area contributed by atoms with Crippen molar-refractivity contribution in [1.82, 2.24) is 0 Å². The minimum Gasteiger partial charge on any atom is -0.549 e. The quantitative estimate of drug-likeness (QED) is 0.531. The highest BCUT2D eigenvalue weighted by molar-refractivity contribution is 6.74. The van der Waals surface area contributed by atoms with E-state index in [1.54, 1.807) is 0 Å². The van der Waals surface area contributed by atoms with Gasteiger partial charge in [0.15, 0.2) is 0 Å². The van der Waals surface area contributed by atoms with Crippen molar-refractivity contribution in [2.45, 2.75) is 71.0 Å². The van der Waals surface area contributed by atoms with Crippen molar-refractivity contribution < 1.29 is 4.43 Å². The normalized spacial score (nSPS) is 20.7. The average Bonchev–Trinajstić information content (AvgIpc) is 2.28. The van der Waals surface area contributed by atoms with Gasteiger partial charge in [0, 0.05) is 0 Å². The van der Waals surface area contributed by atoms with Crippen LogP contribution in [0, 0.1) is 16.7 Å². The van der Waals surface area contributed by atoms with E-state index in [1.165, 1.54) is 6.42 Å². The molecule has 2 nitrogen and oxygen atoms in total. The predicted molar refractivity (Wildman–Crippen MR) is 78.6 cm³/mol. The molecule has 1 aliphatic carbocycles. The summed E-state index contributed by atoms with van der Waals surface area (Å²) in [4.78, 5) is 0. The molecule has 0 aliphatic heterocycles. The first-order valence-electron chi connectivity index (χ1n) is 6.99. The zero-order chi connectivity index (χ0) is 13.9. The Morgan fingerprint density at radius 1 is 1.17 bits per heavy atom. The second kappa shape index (κ2) is 5.48. The van der Waals surface area contributed by atoms with Crippen molar-refractivity contribution in [1.29, 1.82) is 5.26 Å². The van der Waals surface area contributed by atoms with Crippen LogP contribution in [0.1, 0.15) is 52.9 Å². The molecule has 0 saturated heterocycles. The molecule has 0 atom stereocenters. The van der Waals surface area contributed by atoms with E-state index in [0.29, 0.717) is 0 Å². The molecule has 0 spiro atoms. The maximum absolute atomic E-state index is 9.39. The topological polar surface area (TPSA) is 33.0 Å². The van der Waals surface area contributed by atoms with E-state index in [1.807, 2.05) is 12.3 Å². The highest BCUT2D eigenvalue weighted by Gasteiger charge is 2.38. The zero-order valence-corrected chi connectivity index (χ0v) is 13.5. The first-order chi connectivity index (χ1) is 8.22. The van der Waals surface area contributed by atoms with Crippen molar-refractivity contribution in [3.8, 4) is 6.07 Å². The van der Waals surface area contributed by atoms with Crippen LogP contribution in [0.25, 0.3) is 0 Å². The summed E-state index contributed by atoms with van der Waals surface area (Å²) in [6.45, 7) is 11.2. The summed E-state index contributed by atoms with van der Waals surface area (Å²) < 4.78 is 6.03. The van der Waals surface area contributed by atoms with E-state index in [-0.39, 0.29) is 10.5 Å². The van der Waals surface area contributed by atoms with Crippen LogP contribution in [0.15, 0.2) is 12.3 Å². The van der Waals surface area contributed by atoms with Gasteiger partial charge in [-0.25, -0.2) is 0 Å². The highest BCUT2D eigenvalue weighted by Crippen LogP contribution is 2.39. The van der Waals surface area contributed by atoms with Crippen molar-refractivity contribution in [3.63, 3.8) is 0 Å². The Hall–Kier alpha value is -0.753. The van der Waals surface area contributed by atoms with Crippen molar-refractivity contribution in [2.24, 2.45) is 5.41 Å². The summed E-state index contributed by atoms with van der Waals surface area (Å²) in [6, 6.07) is 2.49. The van der Waals surface area contributed by atoms with Crippen LogP contribution in [0.4, 0.5) is 0 Å². The van der Waals surface area contributed by atoms with Gasteiger partial charge in [-0.1, -0.05) is 40.0 Å². The smallest absolute Gasteiger partial charge is 0.249 e. The number of rotatable bonds is 3. The Labute approximate surface area is 113 Å². The van der Waals surface area contributed by atoms with Gasteiger partial charge in [0.2, 0.25) is 8.32 Å². The number of nitriles is 1. The van der Waals surface area contributed by atoms with Crippen molar-refractivity contribution in [2.75, 3.05) is 0 Å². The van der Waals surface area contributed by atoms with Crippen LogP contribution >= 0.6 is 0 Å². The Balaban J connectivity index is 2.67. The van der Waals surface area contributed by atoms with Crippen LogP contribution in [-0.2, 0) is 4.43 Å². The molecule has 1 saturated carbocycles. The zero-order valence-electron chi connectivity index (χ0n) is 12.5. The molecule has 0 aromatic rings. The van der Waals surface area contributed by atoms with Gasteiger partial charge in [-0.05, 0) is 37.0 Å². The SMILES string of the molecule is CC(C)(C)[Si](C)(C)O/C=C/C1(C#N)CCCCC1. The molecule has 0 unspecified atom stereocenters. The molecule has 0 aromatic carbocycles. The molecule has 3 heteroatoms. The van der Waals surface area contributed by atoms with Crippen LogP contribution < -0.4 is 0 Å². The van der Waals surface area contributed by atoms with E-state index in [2.05, 4.69) is 39.9 Å². The third-order valence-corrected chi connectivity index (χ3v) is 8.86. The first-order valence-corrected chi connectivity index (χ1v) is 9.90. The molecular formula is C15H27NOSi. The monoisotopic (exact) mass is 265 g/mol. The Bertz CT molecular complexity index is 340. The molecule has 0 bridgehead atoms. The van der Waals surface area contributed by atoms with Crippen LogP contribution in [-0.4, -0.2) is 8.32 Å². The molecule has 0 radical (unpaired) electrons. The van der Waals surface area contributed by atoms with E-state index in [9.17, 15) is 5.26 Å². The highest BCUT2D eigenvalue weighted by atomic mass is 28.4. The molecule has 18 heavy (non-hydrogen) atoms. The van der Waals surface area contributed by atoms with Crippen molar-refractivity contribution in [3.05, 3.63) is 12.3 Å². The standard InChI is InChI=1S/C15H27NOSi/c1-14(2,3)18(4,5)17-12-11-15(13-16)9-7-6-8-10-15/h11-12H,6-10H2,1-5H3/b12-11+. The Kier molecular flexibility index (Phi) is 4.66. The van der Waals surface area contributed by atoms with Gasteiger partial charge < -0.3 is 4.43 Å². The molecular weight excluding hydrogens is 238 g/mol.